The van der Waals surface area contributed by atoms with E-state index in [1.165, 1.54) is 5.57 Å². The Hall–Kier alpha value is -2.34. The van der Waals surface area contributed by atoms with E-state index >= 15 is 0 Å². The summed E-state index contributed by atoms with van der Waals surface area (Å²) in [5.74, 6) is 0.906. The molecule has 1 fully saturated rings. The minimum absolute atomic E-state index is 0.0665. The van der Waals surface area contributed by atoms with Crippen molar-refractivity contribution >= 4 is 11.9 Å². The predicted molar refractivity (Wildman–Crippen MR) is 131 cm³/mol. The molecule has 5 atom stereocenters. The molecule has 4 rings (SSSR count). The van der Waals surface area contributed by atoms with Gasteiger partial charge in [-0.15, -0.1) is 0 Å². The topological polar surface area (TPSA) is 46.0 Å². The smallest absolute Gasteiger partial charge is 0.127 e. The van der Waals surface area contributed by atoms with Crippen LogP contribution >= 0.6 is 0 Å². The Morgan fingerprint density at radius 2 is 2.12 bits per heavy atom. The summed E-state index contributed by atoms with van der Waals surface area (Å²) < 4.78 is 34.4. The molecule has 5 unspecified atom stereocenters. The average Bonchev–Trinajstić information content (AvgIpc) is 2.82. The van der Waals surface area contributed by atoms with Gasteiger partial charge in [0.15, 0.2) is 0 Å². The number of piperidine rings is 1. The summed E-state index contributed by atoms with van der Waals surface area (Å²) in [6.07, 6.45) is 14.4. The standard InChI is InChI=1S/C27H35F2N3O/c1-5-27(3,29)16-31-24-14-23(18-7-6-10-30-15-18)32-26-22(24)12-19(13-25(26)33-4)21-9-8-20(28)11-17(21)2/h7-8,10-13,19,21,23,26,32H,5-6,9,14-16H2,1-4H3. The van der Waals surface area contributed by atoms with Crippen LogP contribution in [0.2, 0.25) is 0 Å². The van der Waals surface area contributed by atoms with Crippen molar-refractivity contribution in [1.29, 1.82) is 0 Å². The van der Waals surface area contributed by atoms with Gasteiger partial charge in [-0.2, -0.15) is 0 Å². The second-order valence-corrected chi connectivity index (χ2v) is 9.72. The number of fused-ring (bicyclic) bond motifs is 1. The molecule has 4 aliphatic rings. The highest BCUT2D eigenvalue weighted by molar-refractivity contribution is 6.03. The molecule has 6 heteroatoms. The van der Waals surface area contributed by atoms with E-state index in [-0.39, 0.29) is 36.3 Å². The molecule has 0 aromatic heterocycles. The summed E-state index contributed by atoms with van der Waals surface area (Å²) in [6.45, 7) is 6.26. The zero-order chi connectivity index (χ0) is 23.6. The van der Waals surface area contributed by atoms with Crippen LogP contribution < -0.4 is 5.32 Å². The SMILES string of the molecule is CCC(C)(F)CN=C1CC(C2=CCC=NC2)NC2C(OC)=CC(C3CC=C(F)C=C3C)C=C12. The molecule has 0 bridgehead atoms. The Morgan fingerprint density at radius 3 is 2.79 bits per heavy atom. The third kappa shape index (κ3) is 5.26. The summed E-state index contributed by atoms with van der Waals surface area (Å²) in [6, 6.07) is -0.0532. The number of nitrogens with zero attached hydrogens (tertiary/aromatic N) is 2. The number of hydrogen-bond donors (Lipinski definition) is 1. The van der Waals surface area contributed by atoms with Gasteiger partial charge in [0.05, 0.1) is 26.2 Å². The van der Waals surface area contributed by atoms with Gasteiger partial charge in [0, 0.05) is 36.7 Å². The maximum Gasteiger partial charge on any atom is 0.127 e. The molecule has 0 aromatic rings. The zero-order valence-electron chi connectivity index (χ0n) is 20.1. The number of methoxy groups -OCH3 is 1. The van der Waals surface area contributed by atoms with Gasteiger partial charge in [-0.1, -0.05) is 24.6 Å². The maximum absolute atomic E-state index is 14.8. The second kappa shape index (κ2) is 9.88. The van der Waals surface area contributed by atoms with E-state index in [4.69, 9.17) is 9.73 Å². The molecule has 2 aliphatic heterocycles. The number of nitrogens with one attached hydrogen (secondary N) is 1. The molecule has 0 aromatic carbocycles. The van der Waals surface area contributed by atoms with Crippen LogP contribution in [-0.2, 0) is 4.74 Å². The summed E-state index contributed by atoms with van der Waals surface area (Å²) >= 11 is 0. The van der Waals surface area contributed by atoms with Gasteiger partial charge < -0.3 is 4.74 Å². The summed E-state index contributed by atoms with van der Waals surface area (Å²) in [7, 11) is 1.69. The van der Waals surface area contributed by atoms with Gasteiger partial charge in [-0.25, -0.2) is 8.78 Å². The Labute approximate surface area is 196 Å². The number of allylic oxidation sites excluding steroid dienone is 7. The van der Waals surface area contributed by atoms with Crippen molar-refractivity contribution in [3.8, 4) is 0 Å². The van der Waals surface area contributed by atoms with Gasteiger partial charge in [0.25, 0.3) is 0 Å². The van der Waals surface area contributed by atoms with Crippen molar-refractivity contribution in [2.75, 3.05) is 20.2 Å². The number of rotatable bonds is 6. The molecule has 0 saturated carbocycles. The van der Waals surface area contributed by atoms with Crippen LogP contribution in [0.1, 0.15) is 46.5 Å². The molecule has 0 radical (unpaired) electrons. The van der Waals surface area contributed by atoms with Gasteiger partial charge in [-0.3, -0.25) is 15.3 Å². The normalized spacial score (nSPS) is 32.7. The third-order valence-corrected chi connectivity index (χ3v) is 7.31. The molecule has 33 heavy (non-hydrogen) atoms. The lowest BCUT2D eigenvalue weighted by molar-refractivity contribution is 0.194. The number of ether oxygens (including phenoxy) is 1. The van der Waals surface area contributed by atoms with Crippen molar-refractivity contribution in [1.82, 2.24) is 5.32 Å². The molecular weight excluding hydrogens is 420 g/mol. The van der Waals surface area contributed by atoms with Crippen LogP contribution in [0.5, 0.6) is 0 Å². The number of alkyl halides is 1. The molecule has 0 spiro atoms. The third-order valence-electron chi connectivity index (χ3n) is 7.31. The van der Waals surface area contributed by atoms with Gasteiger partial charge >= 0.3 is 0 Å². The van der Waals surface area contributed by atoms with E-state index in [9.17, 15) is 8.78 Å². The Bertz CT molecular complexity index is 983. The fourth-order valence-corrected chi connectivity index (χ4v) is 5.02. The van der Waals surface area contributed by atoms with E-state index in [1.807, 2.05) is 20.1 Å². The molecular formula is C27H35F2N3O. The van der Waals surface area contributed by atoms with Crippen LogP contribution in [0.15, 0.2) is 68.7 Å². The fourth-order valence-electron chi connectivity index (χ4n) is 5.02. The largest absolute Gasteiger partial charge is 0.499 e. The highest BCUT2D eigenvalue weighted by Crippen LogP contribution is 2.39. The first-order valence-corrected chi connectivity index (χ1v) is 12.0. The molecule has 1 saturated heterocycles. The summed E-state index contributed by atoms with van der Waals surface area (Å²) in [5, 5.41) is 3.74. The van der Waals surface area contributed by atoms with Gasteiger partial charge in [-0.05, 0) is 62.0 Å². The molecule has 4 nitrogen and oxygen atoms in total. The van der Waals surface area contributed by atoms with Crippen molar-refractivity contribution in [2.45, 2.75) is 64.2 Å². The van der Waals surface area contributed by atoms with Gasteiger partial charge in [0.2, 0.25) is 0 Å². The van der Waals surface area contributed by atoms with E-state index in [1.54, 1.807) is 26.2 Å². The molecule has 0 amide bonds. The first-order valence-electron chi connectivity index (χ1n) is 12.0. The van der Waals surface area contributed by atoms with Crippen LogP contribution in [-0.4, -0.2) is 49.9 Å². The minimum Gasteiger partial charge on any atom is -0.499 e. The number of halogens is 2. The predicted octanol–water partition coefficient (Wildman–Crippen LogP) is 5.60. The van der Waals surface area contributed by atoms with Crippen LogP contribution in [0.25, 0.3) is 0 Å². The average molecular weight is 456 g/mol. The molecule has 2 heterocycles. The van der Waals surface area contributed by atoms with Crippen molar-refractivity contribution in [2.24, 2.45) is 21.8 Å². The lowest BCUT2D eigenvalue weighted by Crippen LogP contribution is -2.51. The summed E-state index contributed by atoms with van der Waals surface area (Å²) in [4.78, 5) is 9.29. The molecule has 1 N–H and O–H groups in total. The highest BCUT2D eigenvalue weighted by Gasteiger charge is 2.39. The van der Waals surface area contributed by atoms with Crippen molar-refractivity contribution < 1.29 is 13.5 Å². The fraction of sp³-hybridized carbons (Fsp3) is 0.556. The molecule has 2 aliphatic carbocycles. The van der Waals surface area contributed by atoms with Crippen LogP contribution in [0.4, 0.5) is 8.78 Å². The Kier molecular flexibility index (Phi) is 7.13. The minimum atomic E-state index is -1.34. The van der Waals surface area contributed by atoms with E-state index in [0.29, 0.717) is 25.8 Å². The number of aliphatic imine (C=N–C) groups is 2. The number of dihydropyridines is 1. The lowest BCUT2D eigenvalue weighted by Gasteiger charge is -2.40. The lowest BCUT2D eigenvalue weighted by atomic mass is 9.74. The first-order chi connectivity index (χ1) is 15.8. The van der Waals surface area contributed by atoms with Gasteiger partial charge in [0.1, 0.15) is 17.3 Å². The van der Waals surface area contributed by atoms with Crippen LogP contribution in [0.3, 0.4) is 0 Å². The first kappa shape index (κ1) is 23.8. The monoisotopic (exact) mass is 455 g/mol. The van der Waals surface area contributed by atoms with E-state index < -0.39 is 5.67 Å². The van der Waals surface area contributed by atoms with Crippen LogP contribution in [0, 0.1) is 11.8 Å². The molecule has 178 valence electrons. The second-order valence-electron chi connectivity index (χ2n) is 9.72. The van der Waals surface area contributed by atoms with E-state index in [0.717, 1.165) is 29.0 Å². The van der Waals surface area contributed by atoms with Crippen molar-refractivity contribution in [3.05, 3.63) is 58.7 Å². The Balaban J connectivity index is 1.69. The Morgan fingerprint density at radius 1 is 1.30 bits per heavy atom. The zero-order valence-corrected chi connectivity index (χ0v) is 20.1. The van der Waals surface area contributed by atoms with E-state index in [2.05, 4.69) is 28.5 Å². The van der Waals surface area contributed by atoms with Crippen molar-refractivity contribution in [3.63, 3.8) is 0 Å². The quantitative estimate of drug-likeness (QED) is 0.530. The number of hydrogen-bond acceptors (Lipinski definition) is 4. The summed E-state index contributed by atoms with van der Waals surface area (Å²) in [5.41, 5.74) is 2.92. The maximum atomic E-state index is 14.8. The highest BCUT2D eigenvalue weighted by atomic mass is 19.1.